The molecule has 2 aliphatic heterocycles. The van der Waals surface area contributed by atoms with Crippen LogP contribution in [-0.2, 0) is 36.3 Å². The van der Waals surface area contributed by atoms with E-state index in [4.69, 9.17) is 14.7 Å². The largest absolute Gasteiger partial charge is 0.384 e. The van der Waals surface area contributed by atoms with E-state index >= 15 is 0 Å². The molecule has 0 amide bonds. The second-order valence-electron chi connectivity index (χ2n) is 11.8. The molecule has 43 heavy (non-hydrogen) atoms. The van der Waals surface area contributed by atoms with Crippen LogP contribution < -0.4 is 10.9 Å². The molecule has 0 spiro atoms. The van der Waals surface area contributed by atoms with E-state index in [0.29, 0.717) is 47.9 Å². The highest BCUT2D eigenvalue weighted by molar-refractivity contribution is 5.78. The minimum atomic E-state index is -0.975. The van der Waals surface area contributed by atoms with Gasteiger partial charge in [-0.1, -0.05) is 25.1 Å². The monoisotopic (exact) mass is 579 g/mol. The van der Waals surface area contributed by atoms with Crippen molar-refractivity contribution in [3.63, 3.8) is 0 Å². The van der Waals surface area contributed by atoms with Crippen LogP contribution in [0.3, 0.4) is 0 Å². The zero-order valence-corrected chi connectivity index (χ0v) is 24.8. The number of allylic oxidation sites excluding steroid dienone is 1. The van der Waals surface area contributed by atoms with Crippen molar-refractivity contribution in [3.8, 4) is 5.82 Å². The molecule has 10 heteroatoms. The van der Waals surface area contributed by atoms with Gasteiger partial charge in [0.25, 0.3) is 5.56 Å². The van der Waals surface area contributed by atoms with Crippen LogP contribution in [0.25, 0.3) is 22.4 Å². The minimum Gasteiger partial charge on any atom is -0.384 e. The molecule has 0 fully saturated rings. The van der Waals surface area contributed by atoms with E-state index < -0.39 is 5.60 Å². The third-order valence-electron chi connectivity index (χ3n) is 9.08. The van der Waals surface area contributed by atoms with Gasteiger partial charge in [0.2, 0.25) is 5.95 Å². The van der Waals surface area contributed by atoms with E-state index in [1.54, 1.807) is 21.6 Å². The zero-order valence-electron chi connectivity index (χ0n) is 24.8. The topological polar surface area (TPSA) is 110 Å². The van der Waals surface area contributed by atoms with Crippen LogP contribution in [0.5, 0.6) is 0 Å². The zero-order chi connectivity index (χ0) is 29.7. The van der Waals surface area contributed by atoms with Gasteiger partial charge in [0.15, 0.2) is 11.5 Å². The van der Waals surface area contributed by atoms with Gasteiger partial charge in [-0.2, -0.15) is 4.98 Å². The summed E-state index contributed by atoms with van der Waals surface area (Å²) in [5.74, 6) is 0.913. The summed E-state index contributed by atoms with van der Waals surface area (Å²) >= 11 is 0. The second kappa shape index (κ2) is 10.9. The van der Waals surface area contributed by atoms with Crippen LogP contribution in [0.1, 0.15) is 54.1 Å². The first-order valence-electron chi connectivity index (χ1n) is 15.1. The first-order valence-corrected chi connectivity index (χ1v) is 15.1. The Morgan fingerprint density at radius 3 is 2.86 bits per heavy atom. The number of aliphatic hydroxyl groups is 1. The molecule has 1 atom stereocenters. The molecule has 4 aromatic rings. The Morgan fingerprint density at radius 1 is 1.19 bits per heavy atom. The van der Waals surface area contributed by atoms with Gasteiger partial charge in [-0.05, 0) is 85.2 Å². The molecule has 3 aliphatic rings. The van der Waals surface area contributed by atoms with Crippen molar-refractivity contribution < 1.29 is 9.84 Å². The summed E-state index contributed by atoms with van der Waals surface area (Å²) in [5, 5.41) is 15.1. The lowest BCUT2D eigenvalue weighted by Crippen LogP contribution is -2.27. The van der Waals surface area contributed by atoms with Gasteiger partial charge < -0.3 is 20.1 Å². The predicted molar refractivity (Wildman–Crippen MR) is 167 cm³/mol. The van der Waals surface area contributed by atoms with Gasteiger partial charge in [0.1, 0.15) is 11.0 Å². The summed E-state index contributed by atoms with van der Waals surface area (Å²) in [6, 6.07) is 8.27. The number of ether oxygens (including phenoxy) is 1. The number of anilines is 2. The Hall–Kier alpha value is -4.12. The van der Waals surface area contributed by atoms with Crippen LogP contribution in [-0.4, -0.2) is 61.1 Å². The van der Waals surface area contributed by atoms with Crippen LogP contribution in [0.2, 0.25) is 0 Å². The molecule has 222 valence electrons. The van der Waals surface area contributed by atoms with E-state index in [0.717, 1.165) is 50.2 Å². The number of hydrogen-bond acceptors (Lipinski definition) is 8. The number of aryl methyl sites for hydroxylation is 1. The number of nitrogens with one attached hydrogen (secondary N) is 1. The number of rotatable bonds is 7. The molecule has 1 aliphatic carbocycles. The molecule has 0 radical (unpaired) electrons. The summed E-state index contributed by atoms with van der Waals surface area (Å²) < 4.78 is 8.88. The molecule has 0 bridgehead atoms. The molecule has 0 saturated heterocycles. The third kappa shape index (κ3) is 4.79. The van der Waals surface area contributed by atoms with E-state index in [2.05, 4.69) is 47.0 Å². The summed E-state index contributed by atoms with van der Waals surface area (Å²) in [6.45, 7) is 9.36. The van der Waals surface area contributed by atoms with E-state index in [1.165, 1.54) is 22.3 Å². The first-order chi connectivity index (χ1) is 20.9. The molecule has 1 unspecified atom stereocenters. The first kappa shape index (κ1) is 27.7. The molecule has 5 heterocycles. The number of nitrogens with zero attached hydrogens (tertiary/aromatic N) is 6. The highest BCUT2D eigenvalue weighted by atomic mass is 16.5. The Labute approximate surface area is 250 Å². The highest BCUT2D eigenvalue weighted by Gasteiger charge is 2.37. The van der Waals surface area contributed by atoms with Gasteiger partial charge in [0, 0.05) is 25.0 Å². The van der Waals surface area contributed by atoms with Crippen LogP contribution in [0, 0.1) is 0 Å². The van der Waals surface area contributed by atoms with Gasteiger partial charge in [-0.15, -0.1) is 6.58 Å². The summed E-state index contributed by atoms with van der Waals surface area (Å²) in [6.07, 6.45) is 9.32. The molecule has 7 rings (SSSR count). The number of benzene rings is 1. The number of fused-ring (bicyclic) bond motifs is 3. The number of aromatic nitrogens is 5. The molecule has 3 aromatic heterocycles. The van der Waals surface area contributed by atoms with Crippen molar-refractivity contribution in [1.82, 2.24) is 29.2 Å². The predicted octanol–water partition coefficient (Wildman–Crippen LogP) is 4.24. The van der Waals surface area contributed by atoms with Crippen molar-refractivity contribution in [1.29, 1.82) is 0 Å². The standard InChI is InChI=1S/C33H37N7O3/c1-4-13-39-31(41)27-19-34-32(37-30(27)40(39)28-7-6-22-8-12-33(42,5-2)29(22)36-28)35-24-17-23-20-38(3)14-9-25(23)26(18-24)21-10-15-43-16-11-21/h4,6-7,10,17-19,42H,1,5,8-9,11-16,20H2,2-3H3,(H,34,35,37). The van der Waals surface area contributed by atoms with Crippen molar-refractivity contribution in [2.45, 2.75) is 57.7 Å². The number of pyridine rings is 1. The van der Waals surface area contributed by atoms with Crippen molar-refractivity contribution in [3.05, 3.63) is 87.5 Å². The van der Waals surface area contributed by atoms with E-state index in [-0.39, 0.29) is 12.1 Å². The average Bonchev–Trinajstić information content (AvgIpc) is 3.50. The SMILES string of the molecule is C=CCn1c(=O)c2cnc(Nc3cc4c(c(C5=CCOCC5)c3)CCN(C)C4)nc2n1-c1ccc2c(n1)C(O)(CC)CC2. The minimum absolute atomic E-state index is 0.222. The maximum Gasteiger partial charge on any atom is 0.278 e. The highest BCUT2D eigenvalue weighted by Crippen LogP contribution is 2.39. The molecule has 1 aromatic carbocycles. The van der Waals surface area contributed by atoms with Crippen molar-refractivity contribution >= 4 is 28.2 Å². The Bertz CT molecular complexity index is 1840. The lowest BCUT2D eigenvalue weighted by molar-refractivity contribution is 0.0306. The lowest BCUT2D eigenvalue weighted by atomic mass is 9.88. The van der Waals surface area contributed by atoms with Gasteiger partial charge in [-0.3, -0.25) is 4.79 Å². The third-order valence-corrected chi connectivity index (χ3v) is 9.08. The van der Waals surface area contributed by atoms with Crippen LogP contribution in [0.15, 0.2) is 54.0 Å². The fraction of sp³-hybridized carbons (Fsp3) is 0.394. The smallest absolute Gasteiger partial charge is 0.278 e. The molecular formula is C33H37N7O3. The number of likely N-dealkylation sites (N-methyl/N-ethyl adjacent to an activating group) is 1. The second-order valence-corrected chi connectivity index (χ2v) is 11.8. The summed E-state index contributed by atoms with van der Waals surface area (Å²) in [5.41, 5.74) is 7.13. The Kier molecular flexibility index (Phi) is 6.99. The molecule has 10 nitrogen and oxygen atoms in total. The number of hydrogen-bond donors (Lipinski definition) is 2. The van der Waals surface area contributed by atoms with Crippen molar-refractivity contribution in [2.75, 3.05) is 32.1 Å². The fourth-order valence-corrected chi connectivity index (χ4v) is 6.71. The lowest BCUT2D eigenvalue weighted by Gasteiger charge is -2.29. The molecule has 2 N–H and O–H groups in total. The fourth-order valence-electron chi connectivity index (χ4n) is 6.71. The molecular weight excluding hydrogens is 542 g/mol. The maximum absolute atomic E-state index is 13.5. The maximum atomic E-state index is 13.5. The van der Waals surface area contributed by atoms with Crippen LogP contribution in [0.4, 0.5) is 11.6 Å². The normalized spacial score (nSPS) is 20.1. The van der Waals surface area contributed by atoms with E-state index in [9.17, 15) is 9.90 Å². The van der Waals surface area contributed by atoms with Gasteiger partial charge in [-0.25, -0.2) is 19.3 Å². The van der Waals surface area contributed by atoms with Gasteiger partial charge in [0.05, 0.1) is 25.5 Å². The van der Waals surface area contributed by atoms with Crippen LogP contribution >= 0.6 is 0 Å². The van der Waals surface area contributed by atoms with E-state index in [1.807, 2.05) is 19.1 Å². The Morgan fingerprint density at radius 2 is 2.07 bits per heavy atom. The van der Waals surface area contributed by atoms with Gasteiger partial charge >= 0.3 is 0 Å². The summed E-state index contributed by atoms with van der Waals surface area (Å²) in [4.78, 5) is 30.2. The molecule has 0 saturated carbocycles. The quantitative estimate of drug-likeness (QED) is 0.313. The summed E-state index contributed by atoms with van der Waals surface area (Å²) in [7, 11) is 2.15. The average molecular weight is 580 g/mol. The Balaban J connectivity index is 1.33. The van der Waals surface area contributed by atoms with Crippen molar-refractivity contribution in [2.24, 2.45) is 0 Å².